The van der Waals surface area contributed by atoms with Gasteiger partial charge in [-0.3, -0.25) is 4.79 Å². The molecule has 0 unspecified atom stereocenters. The van der Waals surface area contributed by atoms with Crippen LogP contribution in [0.2, 0.25) is 0 Å². The molecule has 7 nitrogen and oxygen atoms in total. The van der Waals surface area contributed by atoms with Gasteiger partial charge in [-0.05, 0) is 37.3 Å². The van der Waals surface area contributed by atoms with Gasteiger partial charge in [0.15, 0.2) is 5.65 Å². The quantitative estimate of drug-likeness (QED) is 0.620. The van der Waals surface area contributed by atoms with Gasteiger partial charge in [-0.1, -0.05) is 6.07 Å². The lowest BCUT2D eigenvalue weighted by Crippen LogP contribution is -2.20. The number of rotatable bonds is 4. The molecule has 0 atom stereocenters. The van der Waals surface area contributed by atoms with Crippen molar-refractivity contribution in [3.63, 3.8) is 0 Å². The van der Waals surface area contributed by atoms with Gasteiger partial charge in [0, 0.05) is 18.0 Å². The molecule has 0 radical (unpaired) electrons. The summed E-state index contributed by atoms with van der Waals surface area (Å²) >= 11 is 0. The summed E-state index contributed by atoms with van der Waals surface area (Å²) in [5, 5.41) is 8.10. The minimum absolute atomic E-state index is 0.0511. The second kappa shape index (κ2) is 6.20. The van der Waals surface area contributed by atoms with E-state index in [2.05, 4.69) is 20.4 Å². The molecule has 4 rings (SSSR count). The van der Waals surface area contributed by atoms with Crippen LogP contribution in [0.5, 0.6) is 0 Å². The van der Waals surface area contributed by atoms with Gasteiger partial charge in [0.05, 0.1) is 17.3 Å². The van der Waals surface area contributed by atoms with Crippen LogP contribution in [0.1, 0.15) is 5.69 Å². The lowest BCUT2D eigenvalue weighted by molar-refractivity contribution is -0.116. The van der Waals surface area contributed by atoms with Crippen molar-refractivity contribution in [2.45, 2.75) is 13.5 Å². The first-order valence-corrected chi connectivity index (χ1v) is 7.79. The van der Waals surface area contributed by atoms with E-state index < -0.39 is 0 Å². The SMILES string of the molecule is Cc1nn(CC(=O)Nc2ccccn2)c2nccc(-c3ccco3)c12. The van der Waals surface area contributed by atoms with E-state index in [0.29, 0.717) is 11.5 Å². The summed E-state index contributed by atoms with van der Waals surface area (Å²) in [6.07, 6.45) is 4.94. The second-order valence-corrected chi connectivity index (χ2v) is 5.54. The van der Waals surface area contributed by atoms with Gasteiger partial charge in [0.2, 0.25) is 5.91 Å². The van der Waals surface area contributed by atoms with Crippen LogP contribution in [-0.2, 0) is 11.3 Å². The van der Waals surface area contributed by atoms with Gasteiger partial charge < -0.3 is 9.73 Å². The zero-order valence-electron chi connectivity index (χ0n) is 13.5. The number of aromatic nitrogens is 4. The summed E-state index contributed by atoms with van der Waals surface area (Å²) in [7, 11) is 0. The fraction of sp³-hybridized carbons (Fsp3) is 0.111. The molecule has 0 saturated carbocycles. The number of hydrogen-bond acceptors (Lipinski definition) is 5. The van der Waals surface area contributed by atoms with Crippen LogP contribution < -0.4 is 5.32 Å². The Kier molecular flexibility index (Phi) is 3.74. The fourth-order valence-corrected chi connectivity index (χ4v) is 2.78. The maximum Gasteiger partial charge on any atom is 0.247 e. The van der Waals surface area contributed by atoms with Crippen molar-refractivity contribution in [1.29, 1.82) is 0 Å². The third kappa shape index (κ3) is 2.87. The fourth-order valence-electron chi connectivity index (χ4n) is 2.78. The van der Waals surface area contributed by atoms with Crippen molar-refractivity contribution < 1.29 is 9.21 Å². The van der Waals surface area contributed by atoms with Crippen LogP contribution in [0.25, 0.3) is 22.4 Å². The summed E-state index contributed by atoms with van der Waals surface area (Å²) < 4.78 is 7.09. The number of furan rings is 1. The van der Waals surface area contributed by atoms with Gasteiger partial charge >= 0.3 is 0 Å². The van der Waals surface area contributed by atoms with E-state index in [0.717, 1.165) is 22.4 Å². The summed E-state index contributed by atoms with van der Waals surface area (Å²) in [4.78, 5) is 20.8. The molecule has 4 aromatic rings. The van der Waals surface area contributed by atoms with Crippen LogP contribution in [0, 0.1) is 6.92 Å². The number of carbonyl (C=O) groups is 1. The molecule has 1 N–H and O–H groups in total. The first kappa shape index (κ1) is 15.1. The van der Waals surface area contributed by atoms with Gasteiger partial charge in [0.25, 0.3) is 0 Å². The van der Waals surface area contributed by atoms with Gasteiger partial charge in [0.1, 0.15) is 18.1 Å². The smallest absolute Gasteiger partial charge is 0.247 e. The van der Waals surface area contributed by atoms with E-state index in [-0.39, 0.29) is 12.5 Å². The largest absolute Gasteiger partial charge is 0.464 e. The Morgan fingerprint density at radius 2 is 2.08 bits per heavy atom. The third-order valence-electron chi connectivity index (χ3n) is 3.82. The number of nitrogens with one attached hydrogen (secondary N) is 1. The number of hydrogen-bond donors (Lipinski definition) is 1. The minimum atomic E-state index is -0.215. The molecule has 124 valence electrons. The van der Waals surface area contributed by atoms with Crippen molar-refractivity contribution >= 4 is 22.8 Å². The van der Waals surface area contributed by atoms with E-state index >= 15 is 0 Å². The Hall–Kier alpha value is -3.48. The number of pyridine rings is 2. The third-order valence-corrected chi connectivity index (χ3v) is 3.82. The Bertz CT molecular complexity index is 1020. The van der Waals surface area contributed by atoms with Gasteiger partial charge in [-0.25, -0.2) is 14.6 Å². The van der Waals surface area contributed by atoms with Crippen LogP contribution in [0.4, 0.5) is 5.82 Å². The molecule has 0 aliphatic heterocycles. The lowest BCUT2D eigenvalue weighted by atomic mass is 10.1. The topological polar surface area (TPSA) is 85.8 Å². The number of aryl methyl sites for hydroxylation is 1. The first-order chi connectivity index (χ1) is 12.2. The highest BCUT2D eigenvalue weighted by atomic mass is 16.3. The monoisotopic (exact) mass is 333 g/mol. The zero-order chi connectivity index (χ0) is 17.2. The number of amides is 1. The Morgan fingerprint density at radius 3 is 2.84 bits per heavy atom. The molecular formula is C18H15N5O2. The van der Waals surface area contributed by atoms with Crippen molar-refractivity contribution in [3.8, 4) is 11.3 Å². The molecule has 4 aromatic heterocycles. The molecule has 25 heavy (non-hydrogen) atoms. The van der Waals surface area contributed by atoms with Crippen molar-refractivity contribution in [3.05, 3.63) is 60.7 Å². The molecule has 0 aromatic carbocycles. The molecule has 0 saturated heterocycles. The molecular weight excluding hydrogens is 318 g/mol. The maximum atomic E-state index is 12.3. The van der Waals surface area contributed by atoms with Crippen molar-refractivity contribution in [1.82, 2.24) is 19.7 Å². The predicted octanol–water partition coefficient (Wildman–Crippen LogP) is 3.03. The molecule has 1 amide bonds. The molecule has 0 bridgehead atoms. The summed E-state index contributed by atoms with van der Waals surface area (Å²) in [5.74, 6) is 1.03. The molecule has 4 heterocycles. The molecule has 0 aliphatic rings. The second-order valence-electron chi connectivity index (χ2n) is 5.54. The van der Waals surface area contributed by atoms with Crippen LogP contribution in [-0.4, -0.2) is 25.7 Å². The van der Waals surface area contributed by atoms with Crippen molar-refractivity contribution in [2.75, 3.05) is 5.32 Å². The van der Waals surface area contributed by atoms with Crippen molar-refractivity contribution in [2.24, 2.45) is 0 Å². The molecule has 0 aliphatic carbocycles. The summed E-state index contributed by atoms with van der Waals surface area (Å²) in [6.45, 7) is 1.94. The van der Waals surface area contributed by atoms with Crippen LogP contribution >= 0.6 is 0 Å². The summed E-state index contributed by atoms with van der Waals surface area (Å²) in [6, 6.07) is 10.9. The van der Waals surface area contributed by atoms with E-state index in [1.54, 1.807) is 35.5 Å². The highest BCUT2D eigenvalue weighted by Crippen LogP contribution is 2.29. The van der Waals surface area contributed by atoms with Gasteiger partial charge in [-0.2, -0.15) is 5.10 Å². The Morgan fingerprint density at radius 1 is 1.16 bits per heavy atom. The molecule has 0 fully saturated rings. The standard InChI is InChI=1S/C18H15N5O2/c1-12-17-13(14-5-4-10-25-14)7-9-20-18(17)23(22-12)11-16(24)21-15-6-2-3-8-19-15/h2-10H,11H2,1H3,(H,19,21,24). The Balaban J connectivity index is 1.67. The predicted molar refractivity (Wildman–Crippen MR) is 92.8 cm³/mol. The van der Waals surface area contributed by atoms with Crippen LogP contribution in [0.15, 0.2) is 59.5 Å². The van der Waals surface area contributed by atoms with E-state index in [1.165, 1.54) is 0 Å². The lowest BCUT2D eigenvalue weighted by Gasteiger charge is -2.05. The number of anilines is 1. The van der Waals surface area contributed by atoms with E-state index in [4.69, 9.17) is 4.42 Å². The van der Waals surface area contributed by atoms with Gasteiger partial charge in [-0.15, -0.1) is 0 Å². The van der Waals surface area contributed by atoms with E-state index in [9.17, 15) is 4.79 Å². The van der Waals surface area contributed by atoms with Crippen LogP contribution in [0.3, 0.4) is 0 Å². The highest BCUT2D eigenvalue weighted by Gasteiger charge is 2.17. The number of fused-ring (bicyclic) bond motifs is 1. The summed E-state index contributed by atoms with van der Waals surface area (Å²) in [5.41, 5.74) is 2.34. The number of nitrogens with zero attached hydrogens (tertiary/aromatic N) is 4. The molecule has 7 heteroatoms. The Labute approximate surface area is 143 Å². The average molecular weight is 333 g/mol. The minimum Gasteiger partial charge on any atom is -0.464 e. The number of carbonyl (C=O) groups excluding carboxylic acids is 1. The highest BCUT2D eigenvalue weighted by molar-refractivity contribution is 5.95. The van der Waals surface area contributed by atoms with E-state index in [1.807, 2.05) is 31.2 Å². The average Bonchev–Trinajstić information content (AvgIpc) is 3.25. The first-order valence-electron chi connectivity index (χ1n) is 7.79. The maximum absolute atomic E-state index is 12.3. The molecule has 0 spiro atoms. The zero-order valence-corrected chi connectivity index (χ0v) is 13.5. The normalized spacial score (nSPS) is 10.9.